The van der Waals surface area contributed by atoms with Crippen LogP contribution in [0.15, 0.2) is 97.7 Å². The topological polar surface area (TPSA) is 88.3 Å². The second-order valence-corrected chi connectivity index (χ2v) is 7.28. The first kappa shape index (κ1) is 20.8. The predicted octanol–water partition coefficient (Wildman–Crippen LogP) is 4.79. The first-order valence-corrected chi connectivity index (χ1v) is 10.1. The molecule has 2 amide bonds. The van der Waals surface area contributed by atoms with Crippen LogP contribution in [0.4, 0.5) is 17.2 Å². The summed E-state index contributed by atoms with van der Waals surface area (Å²) in [6.45, 7) is 3.99. The van der Waals surface area contributed by atoms with Gasteiger partial charge in [-0.25, -0.2) is 4.98 Å². The van der Waals surface area contributed by atoms with Crippen LogP contribution in [0.25, 0.3) is 10.8 Å². The fourth-order valence-corrected chi connectivity index (χ4v) is 3.42. The molecule has 158 valence electrons. The van der Waals surface area contributed by atoms with E-state index in [0.717, 1.165) is 22.0 Å². The minimum absolute atomic E-state index is 0.197. The van der Waals surface area contributed by atoms with Crippen LogP contribution in [0, 0.1) is 0 Å². The van der Waals surface area contributed by atoms with Gasteiger partial charge in [0.15, 0.2) is 0 Å². The molecular formula is C26H22N4O2. The van der Waals surface area contributed by atoms with Crippen LogP contribution < -0.4 is 16.0 Å². The van der Waals surface area contributed by atoms with Gasteiger partial charge in [0, 0.05) is 29.2 Å². The van der Waals surface area contributed by atoms with E-state index in [4.69, 9.17) is 5.73 Å². The third kappa shape index (κ3) is 4.65. The van der Waals surface area contributed by atoms with Crippen molar-refractivity contribution >= 4 is 39.8 Å². The Hall–Kier alpha value is -4.45. The van der Waals surface area contributed by atoms with Gasteiger partial charge in [-0.15, -0.1) is 0 Å². The molecule has 1 aromatic heterocycles. The molecule has 0 saturated carbocycles. The van der Waals surface area contributed by atoms with Crippen LogP contribution >= 0.6 is 0 Å². The molecule has 0 fully saturated rings. The van der Waals surface area contributed by atoms with Gasteiger partial charge < -0.3 is 16.0 Å². The largest absolute Gasteiger partial charge is 0.384 e. The quantitative estimate of drug-likeness (QED) is 0.437. The molecule has 1 heterocycles. The van der Waals surface area contributed by atoms with Crippen molar-refractivity contribution in [1.82, 2.24) is 4.98 Å². The Morgan fingerprint density at radius 2 is 1.72 bits per heavy atom. The molecule has 0 saturated heterocycles. The first-order chi connectivity index (χ1) is 15.5. The van der Waals surface area contributed by atoms with Gasteiger partial charge in [0.2, 0.25) is 0 Å². The lowest BCUT2D eigenvalue weighted by Crippen LogP contribution is -2.28. The zero-order valence-electron chi connectivity index (χ0n) is 17.4. The van der Waals surface area contributed by atoms with Gasteiger partial charge in [-0.05, 0) is 52.7 Å². The monoisotopic (exact) mass is 422 g/mol. The normalized spacial score (nSPS) is 10.5. The fraction of sp³-hybridized carbons (Fsp3) is 0.0385. The highest BCUT2D eigenvalue weighted by Crippen LogP contribution is 2.24. The van der Waals surface area contributed by atoms with E-state index in [-0.39, 0.29) is 11.8 Å². The van der Waals surface area contributed by atoms with Crippen LogP contribution in [0.1, 0.15) is 15.9 Å². The Kier molecular flexibility index (Phi) is 5.94. The van der Waals surface area contributed by atoms with E-state index in [1.54, 1.807) is 29.2 Å². The van der Waals surface area contributed by atoms with Crippen molar-refractivity contribution in [3.63, 3.8) is 0 Å². The molecule has 0 bridgehead atoms. The summed E-state index contributed by atoms with van der Waals surface area (Å²) in [7, 11) is 0. The zero-order valence-corrected chi connectivity index (χ0v) is 17.4. The molecule has 32 heavy (non-hydrogen) atoms. The van der Waals surface area contributed by atoms with E-state index < -0.39 is 0 Å². The average molecular weight is 422 g/mol. The van der Waals surface area contributed by atoms with Gasteiger partial charge in [0.1, 0.15) is 5.82 Å². The molecule has 0 unspecified atom stereocenters. The van der Waals surface area contributed by atoms with Crippen LogP contribution in [0.2, 0.25) is 0 Å². The van der Waals surface area contributed by atoms with Crippen LogP contribution in [0.5, 0.6) is 0 Å². The number of benzene rings is 3. The number of nitrogens with one attached hydrogen (secondary N) is 1. The van der Waals surface area contributed by atoms with Crippen LogP contribution in [0.3, 0.4) is 0 Å². The molecule has 0 radical (unpaired) electrons. The van der Waals surface area contributed by atoms with Crippen LogP contribution in [-0.4, -0.2) is 16.8 Å². The number of nitrogens with two attached hydrogens (primary N) is 1. The summed E-state index contributed by atoms with van der Waals surface area (Å²) in [6, 6.07) is 24.3. The maximum atomic E-state index is 12.6. The van der Waals surface area contributed by atoms with E-state index >= 15 is 0 Å². The number of anilines is 3. The second kappa shape index (κ2) is 9.14. The van der Waals surface area contributed by atoms with Crippen molar-refractivity contribution in [2.45, 2.75) is 6.54 Å². The third-order valence-corrected chi connectivity index (χ3v) is 5.08. The number of hydrogen-bond donors (Lipinski definition) is 2. The van der Waals surface area contributed by atoms with Gasteiger partial charge in [-0.2, -0.15) is 0 Å². The maximum absolute atomic E-state index is 12.6. The minimum Gasteiger partial charge on any atom is -0.384 e. The highest BCUT2D eigenvalue weighted by Gasteiger charge is 2.15. The number of nitrogens with zero attached hydrogens (tertiary/aromatic N) is 2. The third-order valence-electron chi connectivity index (χ3n) is 5.08. The van der Waals surface area contributed by atoms with Gasteiger partial charge in [0.05, 0.1) is 6.54 Å². The van der Waals surface area contributed by atoms with Gasteiger partial charge >= 0.3 is 0 Å². The standard InChI is InChI=1S/C26H22N4O2/c1-2-25(31)30(23-12-11-19-5-3-4-6-21(19)15-23)17-18-7-9-20(10-8-18)26(32)29-22-13-14-28-24(27)16-22/h2-16H,1,17H2,(H3,27,28,29,32). The number of nitrogen functional groups attached to an aromatic ring is 1. The summed E-state index contributed by atoms with van der Waals surface area (Å²) in [4.78, 5) is 30.7. The van der Waals surface area contributed by atoms with E-state index in [0.29, 0.717) is 23.6 Å². The van der Waals surface area contributed by atoms with Crippen molar-refractivity contribution in [3.8, 4) is 0 Å². The molecule has 0 spiro atoms. The lowest BCUT2D eigenvalue weighted by Gasteiger charge is -2.22. The predicted molar refractivity (Wildman–Crippen MR) is 128 cm³/mol. The Morgan fingerprint density at radius 1 is 0.969 bits per heavy atom. The number of hydrogen-bond acceptors (Lipinski definition) is 4. The van der Waals surface area contributed by atoms with Crippen molar-refractivity contribution in [2.24, 2.45) is 0 Å². The summed E-state index contributed by atoms with van der Waals surface area (Å²) in [5.41, 5.74) is 8.39. The number of carbonyl (C=O) groups is 2. The van der Waals surface area contributed by atoms with E-state index in [1.807, 2.05) is 54.6 Å². The average Bonchev–Trinajstić information content (AvgIpc) is 2.82. The van der Waals surface area contributed by atoms with E-state index in [2.05, 4.69) is 16.9 Å². The first-order valence-electron chi connectivity index (χ1n) is 10.1. The Labute approximate surface area is 186 Å². The fourth-order valence-electron chi connectivity index (χ4n) is 3.42. The highest BCUT2D eigenvalue weighted by molar-refractivity contribution is 6.04. The minimum atomic E-state index is -0.254. The SMILES string of the molecule is C=CC(=O)N(Cc1ccc(C(=O)Nc2ccnc(N)c2)cc1)c1ccc2ccccc2c1. The Balaban J connectivity index is 1.53. The number of rotatable bonds is 6. The van der Waals surface area contributed by atoms with Gasteiger partial charge in [-0.3, -0.25) is 9.59 Å². The second-order valence-electron chi connectivity index (χ2n) is 7.28. The number of carbonyl (C=O) groups excluding carboxylic acids is 2. The van der Waals surface area contributed by atoms with Crippen molar-refractivity contribution in [3.05, 3.63) is 109 Å². The van der Waals surface area contributed by atoms with E-state index in [9.17, 15) is 9.59 Å². The molecule has 0 atom stereocenters. The lowest BCUT2D eigenvalue weighted by atomic mass is 10.1. The molecule has 0 aliphatic carbocycles. The Morgan fingerprint density at radius 3 is 2.44 bits per heavy atom. The molecule has 3 N–H and O–H groups in total. The summed E-state index contributed by atoms with van der Waals surface area (Å²) in [6.07, 6.45) is 2.84. The molecule has 6 heteroatoms. The summed E-state index contributed by atoms with van der Waals surface area (Å²) < 4.78 is 0. The number of pyridine rings is 1. The highest BCUT2D eigenvalue weighted by atomic mass is 16.2. The Bertz CT molecular complexity index is 1300. The molecule has 4 rings (SSSR count). The number of fused-ring (bicyclic) bond motifs is 1. The number of aromatic nitrogens is 1. The molecular weight excluding hydrogens is 400 g/mol. The zero-order chi connectivity index (χ0) is 22.5. The van der Waals surface area contributed by atoms with E-state index in [1.165, 1.54) is 12.3 Å². The summed E-state index contributed by atoms with van der Waals surface area (Å²) in [5.74, 6) is -0.119. The maximum Gasteiger partial charge on any atom is 0.255 e. The van der Waals surface area contributed by atoms with Crippen molar-refractivity contribution in [2.75, 3.05) is 16.0 Å². The molecule has 3 aromatic carbocycles. The lowest BCUT2D eigenvalue weighted by molar-refractivity contribution is -0.114. The molecule has 4 aromatic rings. The summed E-state index contributed by atoms with van der Waals surface area (Å²) in [5, 5.41) is 4.95. The molecule has 0 aliphatic rings. The van der Waals surface area contributed by atoms with Crippen molar-refractivity contribution in [1.29, 1.82) is 0 Å². The molecule has 0 aliphatic heterocycles. The van der Waals surface area contributed by atoms with Crippen LogP contribution in [-0.2, 0) is 11.3 Å². The smallest absolute Gasteiger partial charge is 0.255 e. The van der Waals surface area contributed by atoms with Gasteiger partial charge in [-0.1, -0.05) is 49.0 Å². The van der Waals surface area contributed by atoms with Crippen molar-refractivity contribution < 1.29 is 9.59 Å². The number of amides is 2. The van der Waals surface area contributed by atoms with Gasteiger partial charge in [0.25, 0.3) is 11.8 Å². The molecule has 6 nitrogen and oxygen atoms in total. The summed E-state index contributed by atoms with van der Waals surface area (Å²) >= 11 is 0.